The molecular weight excluding hydrogens is 271 g/mol. The van der Waals surface area contributed by atoms with Gasteiger partial charge in [0.25, 0.3) is 0 Å². The van der Waals surface area contributed by atoms with Crippen LogP contribution in [0.25, 0.3) is 11.4 Å². The smallest absolute Gasteiger partial charge is 0.310 e. The molecule has 98 valence electrons. The second-order valence-corrected chi connectivity index (χ2v) is 4.13. The zero-order valence-electron chi connectivity index (χ0n) is 10.1. The molecule has 0 bridgehead atoms. The van der Waals surface area contributed by atoms with Gasteiger partial charge in [-0.3, -0.25) is 4.79 Å². The first-order valence-electron chi connectivity index (χ1n) is 5.44. The van der Waals surface area contributed by atoms with Gasteiger partial charge < -0.3 is 4.74 Å². The van der Waals surface area contributed by atoms with Crippen LogP contribution in [0, 0.1) is 5.82 Å². The number of hydrogen-bond donors (Lipinski definition) is 0. The third kappa shape index (κ3) is 3.26. The van der Waals surface area contributed by atoms with Crippen LogP contribution in [-0.4, -0.2) is 23.0 Å². The average molecular weight is 281 g/mol. The number of esters is 1. The van der Waals surface area contributed by atoms with Crippen molar-refractivity contribution in [1.29, 1.82) is 0 Å². The Morgan fingerprint density at radius 2 is 2.26 bits per heavy atom. The van der Waals surface area contributed by atoms with Gasteiger partial charge in [0.2, 0.25) is 0 Å². The number of aromatic nitrogens is 2. The molecule has 1 aromatic heterocycles. The molecule has 0 saturated heterocycles. The zero-order chi connectivity index (χ0) is 13.8. The molecule has 0 atom stereocenters. The maximum atomic E-state index is 13.1. The van der Waals surface area contributed by atoms with Crippen LogP contribution >= 0.6 is 11.6 Å². The highest BCUT2D eigenvalue weighted by Gasteiger charge is 2.11. The summed E-state index contributed by atoms with van der Waals surface area (Å²) in [6, 6.07) is 5.88. The first-order valence-corrected chi connectivity index (χ1v) is 5.82. The Morgan fingerprint density at radius 1 is 1.47 bits per heavy atom. The van der Waals surface area contributed by atoms with Crippen molar-refractivity contribution in [2.45, 2.75) is 6.42 Å². The van der Waals surface area contributed by atoms with E-state index in [1.165, 1.54) is 25.4 Å². The molecule has 19 heavy (non-hydrogen) atoms. The van der Waals surface area contributed by atoms with E-state index in [2.05, 4.69) is 14.7 Å². The highest BCUT2D eigenvalue weighted by molar-refractivity contribution is 6.30. The summed E-state index contributed by atoms with van der Waals surface area (Å²) >= 11 is 5.97. The van der Waals surface area contributed by atoms with Gasteiger partial charge in [-0.1, -0.05) is 23.7 Å². The average Bonchev–Trinajstić information content (AvgIpc) is 2.41. The summed E-state index contributed by atoms with van der Waals surface area (Å²) in [5, 5.41) is 0.152. The predicted molar refractivity (Wildman–Crippen MR) is 68.2 cm³/mol. The summed E-state index contributed by atoms with van der Waals surface area (Å²) in [7, 11) is 1.29. The number of ether oxygens (including phenoxy) is 1. The van der Waals surface area contributed by atoms with E-state index in [9.17, 15) is 9.18 Å². The Hall–Kier alpha value is -2.01. The van der Waals surface area contributed by atoms with E-state index < -0.39 is 5.97 Å². The summed E-state index contributed by atoms with van der Waals surface area (Å²) in [4.78, 5) is 19.3. The Balaban J connectivity index is 2.31. The topological polar surface area (TPSA) is 52.1 Å². The summed E-state index contributed by atoms with van der Waals surface area (Å²) in [6.07, 6.45) is 1.44. The number of halogens is 2. The molecule has 0 aliphatic rings. The molecule has 0 unspecified atom stereocenters. The van der Waals surface area contributed by atoms with Crippen molar-refractivity contribution in [2.24, 2.45) is 0 Å². The Kier molecular flexibility index (Phi) is 4.06. The third-order valence-electron chi connectivity index (χ3n) is 2.46. The fraction of sp³-hybridized carbons (Fsp3) is 0.154. The van der Waals surface area contributed by atoms with Crippen LogP contribution in [0.4, 0.5) is 4.39 Å². The molecule has 2 rings (SSSR count). The van der Waals surface area contributed by atoms with Crippen LogP contribution in [0.1, 0.15) is 5.56 Å². The fourth-order valence-corrected chi connectivity index (χ4v) is 1.69. The number of benzene rings is 1. The van der Waals surface area contributed by atoms with E-state index in [4.69, 9.17) is 11.6 Å². The molecule has 0 N–H and O–H groups in total. The maximum Gasteiger partial charge on any atom is 0.310 e. The van der Waals surface area contributed by atoms with E-state index in [0.717, 1.165) is 0 Å². The summed E-state index contributed by atoms with van der Waals surface area (Å²) < 4.78 is 17.6. The van der Waals surface area contributed by atoms with Gasteiger partial charge in [-0.15, -0.1) is 0 Å². The van der Waals surface area contributed by atoms with Gasteiger partial charge in [-0.25, -0.2) is 14.4 Å². The van der Waals surface area contributed by atoms with Crippen LogP contribution in [0.2, 0.25) is 5.15 Å². The molecule has 0 amide bonds. The van der Waals surface area contributed by atoms with Crippen molar-refractivity contribution in [2.75, 3.05) is 7.11 Å². The molecule has 2 aromatic rings. The number of nitrogens with zero attached hydrogens (tertiary/aromatic N) is 2. The maximum absolute atomic E-state index is 13.1. The first kappa shape index (κ1) is 13.4. The Bertz CT molecular complexity index is 619. The number of carbonyl (C=O) groups excluding carboxylic acids is 1. The molecule has 0 radical (unpaired) electrons. The number of methoxy groups -OCH3 is 1. The van der Waals surface area contributed by atoms with E-state index in [1.807, 2.05) is 0 Å². The highest BCUT2D eigenvalue weighted by atomic mass is 35.5. The standard InChI is InChI=1S/C13H10ClFN2O2/c1-19-11(18)6-9-7-16-13(17-12(9)14)8-3-2-4-10(15)5-8/h2-5,7H,6H2,1H3. The minimum atomic E-state index is -0.427. The van der Waals surface area contributed by atoms with Gasteiger partial charge in [-0.05, 0) is 12.1 Å². The van der Waals surface area contributed by atoms with E-state index >= 15 is 0 Å². The molecule has 6 heteroatoms. The largest absolute Gasteiger partial charge is 0.469 e. The van der Waals surface area contributed by atoms with Gasteiger partial charge in [0.1, 0.15) is 11.0 Å². The minimum Gasteiger partial charge on any atom is -0.469 e. The molecule has 1 heterocycles. The van der Waals surface area contributed by atoms with E-state index in [1.54, 1.807) is 12.1 Å². The minimum absolute atomic E-state index is 0.00123. The van der Waals surface area contributed by atoms with Gasteiger partial charge >= 0.3 is 5.97 Å². The summed E-state index contributed by atoms with van der Waals surface area (Å²) in [6.45, 7) is 0. The van der Waals surface area contributed by atoms with Crippen LogP contribution in [0.5, 0.6) is 0 Å². The van der Waals surface area contributed by atoms with Gasteiger partial charge in [0.15, 0.2) is 5.82 Å². The van der Waals surface area contributed by atoms with Gasteiger partial charge in [0.05, 0.1) is 13.5 Å². The molecule has 0 spiro atoms. The SMILES string of the molecule is COC(=O)Cc1cnc(-c2cccc(F)c2)nc1Cl. The molecule has 4 nitrogen and oxygen atoms in total. The molecule has 1 aromatic carbocycles. The number of rotatable bonds is 3. The highest BCUT2D eigenvalue weighted by Crippen LogP contribution is 2.20. The zero-order valence-corrected chi connectivity index (χ0v) is 10.8. The number of carbonyl (C=O) groups is 1. The molecule has 0 aliphatic carbocycles. The van der Waals surface area contributed by atoms with Gasteiger partial charge in [0, 0.05) is 17.3 Å². The molecule has 0 fully saturated rings. The summed E-state index contributed by atoms with van der Waals surface area (Å²) in [5.74, 6) is -0.502. The second-order valence-electron chi connectivity index (χ2n) is 3.77. The predicted octanol–water partition coefficient (Wildman–Crippen LogP) is 2.65. The van der Waals surface area contributed by atoms with Crippen molar-refractivity contribution >= 4 is 17.6 Å². The Labute approximate surface area is 114 Å². The van der Waals surface area contributed by atoms with E-state index in [0.29, 0.717) is 17.0 Å². The van der Waals surface area contributed by atoms with Crippen LogP contribution in [0.15, 0.2) is 30.5 Å². The lowest BCUT2D eigenvalue weighted by Crippen LogP contribution is -2.06. The van der Waals surface area contributed by atoms with Crippen LogP contribution < -0.4 is 0 Å². The van der Waals surface area contributed by atoms with Crippen molar-refractivity contribution in [3.8, 4) is 11.4 Å². The molecule has 0 saturated carbocycles. The monoisotopic (exact) mass is 280 g/mol. The van der Waals surface area contributed by atoms with E-state index in [-0.39, 0.29) is 17.4 Å². The quantitative estimate of drug-likeness (QED) is 0.641. The van der Waals surface area contributed by atoms with Crippen LogP contribution in [-0.2, 0) is 16.0 Å². The lowest BCUT2D eigenvalue weighted by atomic mass is 10.2. The van der Waals surface area contributed by atoms with Crippen molar-refractivity contribution in [1.82, 2.24) is 9.97 Å². The van der Waals surface area contributed by atoms with Crippen molar-refractivity contribution < 1.29 is 13.9 Å². The lowest BCUT2D eigenvalue weighted by Gasteiger charge is -2.05. The molecular formula is C13H10ClFN2O2. The second kappa shape index (κ2) is 5.75. The summed E-state index contributed by atoms with van der Waals surface area (Å²) in [5.41, 5.74) is 0.986. The first-order chi connectivity index (χ1) is 9.10. The fourth-order valence-electron chi connectivity index (χ4n) is 1.50. The Morgan fingerprint density at radius 3 is 2.89 bits per heavy atom. The lowest BCUT2D eigenvalue weighted by molar-refractivity contribution is -0.139. The van der Waals surface area contributed by atoms with Gasteiger partial charge in [-0.2, -0.15) is 0 Å². The van der Waals surface area contributed by atoms with Crippen LogP contribution in [0.3, 0.4) is 0 Å². The normalized spacial score (nSPS) is 10.3. The third-order valence-corrected chi connectivity index (χ3v) is 2.78. The van der Waals surface area contributed by atoms with Crippen molar-refractivity contribution in [3.63, 3.8) is 0 Å². The van der Waals surface area contributed by atoms with Crippen molar-refractivity contribution in [3.05, 3.63) is 47.0 Å². The molecule has 0 aliphatic heterocycles. The number of hydrogen-bond acceptors (Lipinski definition) is 4.